The van der Waals surface area contributed by atoms with Gasteiger partial charge in [0.1, 0.15) is 0 Å². The molecule has 29 heavy (non-hydrogen) atoms. The highest BCUT2D eigenvalue weighted by atomic mass is 16.3. The summed E-state index contributed by atoms with van der Waals surface area (Å²) in [6.45, 7) is 5.56. The molecule has 3 aromatic rings. The zero-order chi connectivity index (χ0) is 20.1. The molecule has 0 aromatic heterocycles. The lowest BCUT2D eigenvalue weighted by Crippen LogP contribution is -2.44. The van der Waals surface area contributed by atoms with Gasteiger partial charge in [-0.25, -0.2) is 0 Å². The largest absolute Gasteiger partial charge is 0.390 e. The summed E-state index contributed by atoms with van der Waals surface area (Å²) in [6.07, 6.45) is -0.353. The number of hydrogen-bond donors (Lipinski definition) is 1. The van der Waals surface area contributed by atoms with E-state index in [0.29, 0.717) is 6.54 Å². The van der Waals surface area contributed by atoms with Gasteiger partial charge < -0.3 is 5.11 Å². The van der Waals surface area contributed by atoms with Gasteiger partial charge in [-0.15, -0.1) is 0 Å². The highest BCUT2D eigenvalue weighted by Gasteiger charge is 2.37. The summed E-state index contributed by atoms with van der Waals surface area (Å²) in [4.78, 5) is 4.85. The van der Waals surface area contributed by atoms with E-state index < -0.39 is 0 Å². The van der Waals surface area contributed by atoms with Crippen LogP contribution in [0.3, 0.4) is 0 Å². The minimum atomic E-state index is -0.353. The Morgan fingerprint density at radius 1 is 0.828 bits per heavy atom. The number of hydrogen-bond acceptors (Lipinski definition) is 3. The molecule has 3 nitrogen and oxygen atoms in total. The molecule has 1 N–H and O–H groups in total. The maximum absolute atomic E-state index is 11.0. The Hall–Kier alpha value is -2.46. The number of rotatable bonds is 7. The van der Waals surface area contributed by atoms with Gasteiger partial charge in [-0.05, 0) is 23.6 Å². The van der Waals surface area contributed by atoms with Crippen molar-refractivity contribution in [3.8, 4) is 0 Å². The number of aliphatic hydroxyl groups is 1. The first-order valence-corrected chi connectivity index (χ1v) is 10.5. The molecule has 3 atom stereocenters. The van der Waals surface area contributed by atoms with E-state index in [1.807, 2.05) is 6.07 Å². The van der Waals surface area contributed by atoms with Gasteiger partial charge in [0.2, 0.25) is 0 Å². The van der Waals surface area contributed by atoms with E-state index in [0.717, 1.165) is 19.6 Å². The van der Waals surface area contributed by atoms with E-state index in [-0.39, 0.29) is 18.2 Å². The molecule has 1 aliphatic heterocycles. The number of likely N-dealkylation sites (tertiary alicyclic amines) is 1. The van der Waals surface area contributed by atoms with Crippen LogP contribution < -0.4 is 0 Å². The summed E-state index contributed by atoms with van der Waals surface area (Å²) in [5.74, 6) is 0. The lowest BCUT2D eigenvalue weighted by Gasteiger charge is -2.36. The van der Waals surface area contributed by atoms with Crippen molar-refractivity contribution in [2.24, 2.45) is 0 Å². The average molecular weight is 387 g/mol. The Bertz CT molecular complexity index is 869. The van der Waals surface area contributed by atoms with E-state index in [2.05, 4.69) is 102 Å². The fourth-order valence-electron chi connectivity index (χ4n) is 4.40. The van der Waals surface area contributed by atoms with Crippen LogP contribution in [0.2, 0.25) is 0 Å². The molecule has 1 saturated heterocycles. The van der Waals surface area contributed by atoms with Crippen molar-refractivity contribution in [2.45, 2.75) is 38.2 Å². The molecule has 4 rings (SSSR count). The van der Waals surface area contributed by atoms with Crippen LogP contribution in [-0.2, 0) is 13.1 Å². The Balaban J connectivity index is 1.55. The van der Waals surface area contributed by atoms with Gasteiger partial charge in [0.05, 0.1) is 12.1 Å². The summed E-state index contributed by atoms with van der Waals surface area (Å²) >= 11 is 0. The van der Waals surface area contributed by atoms with Gasteiger partial charge in [0.15, 0.2) is 0 Å². The van der Waals surface area contributed by atoms with Crippen LogP contribution in [-0.4, -0.2) is 40.1 Å². The van der Waals surface area contributed by atoms with Crippen LogP contribution in [0.4, 0.5) is 0 Å². The number of nitrogens with zero attached hydrogens (tertiary/aromatic N) is 2. The van der Waals surface area contributed by atoms with E-state index in [4.69, 9.17) is 0 Å². The van der Waals surface area contributed by atoms with Gasteiger partial charge in [-0.2, -0.15) is 0 Å². The quantitative estimate of drug-likeness (QED) is 0.648. The maximum Gasteiger partial charge on any atom is 0.0834 e. The van der Waals surface area contributed by atoms with E-state index in [1.54, 1.807) is 0 Å². The molecule has 0 aliphatic carbocycles. The van der Waals surface area contributed by atoms with Crippen LogP contribution in [0.15, 0.2) is 91.0 Å². The molecular weight excluding hydrogens is 356 g/mol. The minimum Gasteiger partial charge on any atom is -0.390 e. The molecule has 1 fully saturated rings. The third-order valence-electron chi connectivity index (χ3n) is 6.00. The molecule has 3 aromatic carbocycles. The zero-order valence-corrected chi connectivity index (χ0v) is 17.1. The number of benzene rings is 3. The van der Waals surface area contributed by atoms with Gasteiger partial charge >= 0.3 is 0 Å². The lowest BCUT2D eigenvalue weighted by molar-refractivity contribution is 0.0523. The molecule has 1 heterocycles. The van der Waals surface area contributed by atoms with Crippen LogP contribution in [0.25, 0.3) is 0 Å². The van der Waals surface area contributed by atoms with Crippen molar-refractivity contribution < 1.29 is 5.11 Å². The summed E-state index contributed by atoms with van der Waals surface area (Å²) in [7, 11) is 0. The van der Waals surface area contributed by atoms with Gasteiger partial charge in [0, 0.05) is 32.2 Å². The summed E-state index contributed by atoms with van der Waals surface area (Å²) < 4.78 is 0. The third-order valence-corrected chi connectivity index (χ3v) is 6.00. The van der Waals surface area contributed by atoms with E-state index in [1.165, 1.54) is 16.7 Å². The highest BCUT2D eigenvalue weighted by molar-refractivity contribution is 5.21. The first-order valence-electron chi connectivity index (χ1n) is 10.5. The van der Waals surface area contributed by atoms with Crippen molar-refractivity contribution in [3.63, 3.8) is 0 Å². The molecule has 0 saturated carbocycles. The molecule has 0 unspecified atom stereocenters. The topological polar surface area (TPSA) is 26.7 Å². The molecule has 0 spiro atoms. The SMILES string of the molecule is C[C@@H](c1ccccc1)N(Cc1ccccc1)[C@H]1CN(Cc2ccccc2)C[C@H]1O. The average Bonchev–Trinajstić information content (AvgIpc) is 3.13. The Kier molecular flexibility index (Phi) is 6.40. The van der Waals surface area contributed by atoms with E-state index in [9.17, 15) is 5.11 Å². The molecular formula is C26H30N2O. The van der Waals surface area contributed by atoms with Crippen molar-refractivity contribution in [1.29, 1.82) is 0 Å². The smallest absolute Gasteiger partial charge is 0.0834 e. The lowest BCUT2D eigenvalue weighted by atomic mass is 10.0. The van der Waals surface area contributed by atoms with Gasteiger partial charge in [-0.3, -0.25) is 9.80 Å². The van der Waals surface area contributed by atoms with Crippen molar-refractivity contribution in [1.82, 2.24) is 9.80 Å². The monoisotopic (exact) mass is 386 g/mol. The zero-order valence-electron chi connectivity index (χ0n) is 17.1. The predicted octanol–water partition coefficient (Wildman–Crippen LogP) is 4.50. The van der Waals surface area contributed by atoms with Gasteiger partial charge in [0.25, 0.3) is 0 Å². The number of β-amino-alcohol motifs (C(OH)–C–C–N with tert-alkyl or cyclic N) is 1. The predicted molar refractivity (Wildman–Crippen MR) is 118 cm³/mol. The van der Waals surface area contributed by atoms with Crippen molar-refractivity contribution in [2.75, 3.05) is 13.1 Å². The fraction of sp³-hybridized carbons (Fsp3) is 0.308. The highest BCUT2D eigenvalue weighted by Crippen LogP contribution is 2.29. The van der Waals surface area contributed by atoms with Crippen LogP contribution in [0.1, 0.15) is 29.7 Å². The third kappa shape index (κ3) is 4.94. The second kappa shape index (κ2) is 9.36. The molecule has 0 bridgehead atoms. The van der Waals surface area contributed by atoms with Crippen LogP contribution >= 0.6 is 0 Å². The van der Waals surface area contributed by atoms with Crippen molar-refractivity contribution >= 4 is 0 Å². The molecule has 150 valence electrons. The standard InChI is InChI=1S/C26H30N2O/c1-21(24-15-9-4-10-16-24)28(18-23-13-7-3-8-14-23)25-19-27(20-26(25)29)17-22-11-5-2-6-12-22/h2-16,21,25-26,29H,17-20H2,1H3/t21-,25-,26+/m0/s1. The Morgan fingerprint density at radius 3 is 2.00 bits per heavy atom. The van der Waals surface area contributed by atoms with Crippen molar-refractivity contribution in [3.05, 3.63) is 108 Å². The van der Waals surface area contributed by atoms with Crippen LogP contribution in [0.5, 0.6) is 0 Å². The molecule has 0 radical (unpaired) electrons. The first kappa shape index (κ1) is 19.8. The second-order valence-electron chi connectivity index (χ2n) is 8.06. The van der Waals surface area contributed by atoms with Crippen LogP contribution in [0, 0.1) is 0 Å². The van der Waals surface area contributed by atoms with Gasteiger partial charge in [-0.1, -0.05) is 91.0 Å². The van der Waals surface area contributed by atoms with E-state index >= 15 is 0 Å². The summed E-state index contributed by atoms with van der Waals surface area (Å²) in [6, 6.07) is 32.1. The fourth-order valence-corrected chi connectivity index (χ4v) is 4.40. The Morgan fingerprint density at radius 2 is 1.38 bits per heavy atom. The summed E-state index contributed by atoms with van der Waals surface area (Å²) in [5, 5.41) is 11.0. The normalized spacial score (nSPS) is 20.8. The molecule has 1 aliphatic rings. The minimum absolute atomic E-state index is 0.106. The number of aliphatic hydroxyl groups excluding tert-OH is 1. The summed E-state index contributed by atoms with van der Waals surface area (Å²) in [5.41, 5.74) is 3.87. The second-order valence-corrected chi connectivity index (χ2v) is 8.06. The first-order chi connectivity index (χ1) is 14.2. The Labute approximate surface area is 174 Å². The molecule has 3 heteroatoms. The molecule has 0 amide bonds. The maximum atomic E-state index is 11.0.